The van der Waals surface area contributed by atoms with Gasteiger partial charge >= 0.3 is 0 Å². The maximum atomic E-state index is 12.8. The molecular weight excluding hydrogens is 358 g/mol. The van der Waals surface area contributed by atoms with E-state index < -0.39 is 0 Å². The number of ether oxygens (including phenoxy) is 1. The highest BCUT2D eigenvalue weighted by molar-refractivity contribution is 5.78. The lowest BCUT2D eigenvalue weighted by Crippen LogP contribution is -2.40. The van der Waals surface area contributed by atoms with Gasteiger partial charge in [0.05, 0.1) is 31.5 Å². The summed E-state index contributed by atoms with van der Waals surface area (Å²) in [5.74, 6) is 1.76. The Kier molecular flexibility index (Phi) is 7.19. The highest BCUT2D eigenvalue weighted by atomic mass is 16.5. The molecule has 1 saturated heterocycles. The maximum absolute atomic E-state index is 12.8. The Bertz CT molecular complexity index is 747. The van der Waals surface area contributed by atoms with E-state index in [0.29, 0.717) is 51.0 Å². The number of carbonyl (C=O) groups is 1. The lowest BCUT2D eigenvalue weighted by Gasteiger charge is -2.26. The summed E-state index contributed by atoms with van der Waals surface area (Å²) in [4.78, 5) is 21.0. The van der Waals surface area contributed by atoms with Gasteiger partial charge in [-0.3, -0.25) is 14.7 Å². The lowest BCUT2D eigenvalue weighted by molar-refractivity contribution is -0.132. The van der Waals surface area contributed by atoms with E-state index in [4.69, 9.17) is 9.15 Å². The Labute approximate surface area is 165 Å². The topological polar surface area (TPSA) is 79.0 Å². The molecule has 7 nitrogen and oxygen atoms in total. The average molecular weight is 387 g/mol. The first kappa shape index (κ1) is 20.5. The van der Waals surface area contributed by atoms with Crippen molar-refractivity contribution < 1.29 is 19.1 Å². The second-order valence-electron chi connectivity index (χ2n) is 7.64. The summed E-state index contributed by atoms with van der Waals surface area (Å²) in [5.41, 5.74) is 0.874. The molecule has 3 rings (SSSR count). The number of hydrogen-bond acceptors (Lipinski definition) is 6. The van der Waals surface area contributed by atoms with Crippen molar-refractivity contribution in [2.45, 2.75) is 39.7 Å². The minimum Gasteiger partial charge on any atom is -0.462 e. The van der Waals surface area contributed by atoms with Gasteiger partial charge in [0.25, 0.3) is 0 Å². The number of hydrogen-bond donors (Lipinski definition) is 1. The summed E-state index contributed by atoms with van der Waals surface area (Å²) in [6, 6.07) is 9.36. The molecule has 1 N–H and O–H groups in total. The molecule has 1 aliphatic heterocycles. The minimum atomic E-state index is -0.128. The van der Waals surface area contributed by atoms with Crippen LogP contribution in [0, 0.1) is 5.92 Å². The van der Waals surface area contributed by atoms with Gasteiger partial charge in [0, 0.05) is 25.8 Å². The molecule has 7 heteroatoms. The third-order valence-corrected chi connectivity index (χ3v) is 4.63. The number of furan rings is 1. The van der Waals surface area contributed by atoms with Crippen molar-refractivity contribution in [2.24, 2.45) is 5.92 Å². The van der Waals surface area contributed by atoms with Crippen LogP contribution in [0.5, 0.6) is 0 Å². The molecule has 3 heterocycles. The second-order valence-corrected chi connectivity index (χ2v) is 7.64. The highest BCUT2D eigenvalue weighted by Gasteiger charge is 2.29. The fourth-order valence-electron chi connectivity index (χ4n) is 3.39. The zero-order chi connectivity index (χ0) is 19.9. The summed E-state index contributed by atoms with van der Waals surface area (Å²) in [5, 5.41) is 9.19. The van der Waals surface area contributed by atoms with Crippen LogP contribution in [0.2, 0.25) is 0 Å². The van der Waals surface area contributed by atoms with E-state index in [9.17, 15) is 9.90 Å². The van der Waals surface area contributed by atoms with Crippen LogP contribution in [0.15, 0.2) is 40.9 Å². The number of aliphatic hydroxyl groups is 1. The van der Waals surface area contributed by atoms with Gasteiger partial charge in [0.15, 0.2) is 0 Å². The zero-order valence-corrected chi connectivity index (χ0v) is 16.6. The van der Waals surface area contributed by atoms with Gasteiger partial charge in [-0.15, -0.1) is 0 Å². The summed E-state index contributed by atoms with van der Waals surface area (Å²) in [7, 11) is 0. The van der Waals surface area contributed by atoms with Crippen molar-refractivity contribution >= 4 is 5.91 Å². The number of amides is 1. The minimum absolute atomic E-state index is 0.103. The van der Waals surface area contributed by atoms with Crippen molar-refractivity contribution in [1.82, 2.24) is 14.8 Å². The summed E-state index contributed by atoms with van der Waals surface area (Å²) in [6.45, 7) is 7.25. The van der Waals surface area contributed by atoms with Gasteiger partial charge < -0.3 is 19.2 Å². The van der Waals surface area contributed by atoms with Gasteiger partial charge in [0.2, 0.25) is 5.91 Å². The van der Waals surface area contributed by atoms with E-state index in [1.165, 1.54) is 0 Å². The number of pyridine rings is 1. The standard InChI is InChI=1S/C21H29N3O4/c1-16(2)9-24-12-20(27-15-17-5-3-4-8-22-17)11-23(13-21(24)26)10-18-6-7-19(14-25)28-18/h3-8,16,20,25H,9-15H2,1-2H3. The number of aliphatic hydroxyl groups excluding tert-OH is 1. The average Bonchev–Trinajstić information content (AvgIpc) is 3.07. The monoisotopic (exact) mass is 387 g/mol. The molecular formula is C21H29N3O4. The van der Waals surface area contributed by atoms with Crippen LogP contribution < -0.4 is 0 Å². The number of nitrogens with zero attached hydrogens (tertiary/aromatic N) is 3. The Morgan fingerprint density at radius 1 is 1.25 bits per heavy atom. The van der Waals surface area contributed by atoms with E-state index in [-0.39, 0.29) is 18.6 Å². The Balaban J connectivity index is 1.68. The van der Waals surface area contributed by atoms with Crippen LogP contribution in [-0.4, -0.2) is 58.1 Å². The molecule has 152 valence electrons. The van der Waals surface area contributed by atoms with Crippen molar-refractivity contribution in [3.63, 3.8) is 0 Å². The molecule has 28 heavy (non-hydrogen) atoms. The first-order chi connectivity index (χ1) is 13.5. The molecule has 1 fully saturated rings. The number of carbonyl (C=O) groups excluding carboxylic acids is 1. The third-order valence-electron chi connectivity index (χ3n) is 4.63. The molecule has 0 aliphatic carbocycles. The summed E-state index contributed by atoms with van der Waals surface area (Å²) >= 11 is 0. The normalized spacial score (nSPS) is 18.6. The Morgan fingerprint density at radius 3 is 2.75 bits per heavy atom. The predicted octanol–water partition coefficient (Wildman–Crippen LogP) is 2.05. The van der Waals surface area contributed by atoms with Crippen LogP contribution in [0.3, 0.4) is 0 Å². The Morgan fingerprint density at radius 2 is 2.07 bits per heavy atom. The van der Waals surface area contributed by atoms with E-state index in [1.54, 1.807) is 12.3 Å². The largest absolute Gasteiger partial charge is 0.462 e. The van der Waals surface area contributed by atoms with E-state index in [0.717, 1.165) is 11.5 Å². The second kappa shape index (κ2) is 9.82. The smallest absolute Gasteiger partial charge is 0.236 e. The van der Waals surface area contributed by atoms with E-state index in [2.05, 4.69) is 18.8 Å². The molecule has 0 aromatic carbocycles. The molecule has 1 amide bonds. The van der Waals surface area contributed by atoms with Gasteiger partial charge in [0.1, 0.15) is 18.1 Å². The molecule has 2 aromatic heterocycles. The van der Waals surface area contributed by atoms with Crippen molar-refractivity contribution in [3.8, 4) is 0 Å². The first-order valence-electron chi connectivity index (χ1n) is 9.73. The first-order valence-corrected chi connectivity index (χ1v) is 9.73. The molecule has 1 aliphatic rings. The van der Waals surface area contributed by atoms with Gasteiger partial charge in [-0.2, -0.15) is 0 Å². The molecule has 1 atom stereocenters. The lowest BCUT2D eigenvalue weighted by atomic mass is 10.2. The van der Waals surface area contributed by atoms with Crippen molar-refractivity contribution in [3.05, 3.63) is 53.7 Å². The summed E-state index contributed by atoms with van der Waals surface area (Å²) < 4.78 is 11.7. The fraction of sp³-hybridized carbons (Fsp3) is 0.524. The van der Waals surface area contributed by atoms with Crippen LogP contribution in [0.4, 0.5) is 0 Å². The molecule has 0 bridgehead atoms. The SMILES string of the molecule is CC(C)CN1CC(OCc2ccccn2)CN(Cc2ccc(CO)o2)CC1=O. The highest BCUT2D eigenvalue weighted by Crippen LogP contribution is 2.16. The van der Waals surface area contributed by atoms with Gasteiger partial charge in [-0.1, -0.05) is 19.9 Å². The molecule has 1 unspecified atom stereocenters. The van der Waals surface area contributed by atoms with Gasteiger partial charge in [-0.05, 0) is 30.2 Å². The molecule has 0 spiro atoms. The quantitative estimate of drug-likeness (QED) is 0.747. The third kappa shape index (κ3) is 5.89. The van der Waals surface area contributed by atoms with Crippen LogP contribution >= 0.6 is 0 Å². The van der Waals surface area contributed by atoms with Crippen LogP contribution in [0.25, 0.3) is 0 Å². The predicted molar refractivity (Wildman–Crippen MR) is 104 cm³/mol. The number of aromatic nitrogens is 1. The fourth-order valence-corrected chi connectivity index (χ4v) is 3.39. The van der Waals surface area contributed by atoms with Crippen LogP contribution in [0.1, 0.15) is 31.1 Å². The summed E-state index contributed by atoms with van der Waals surface area (Å²) in [6.07, 6.45) is 1.64. The van der Waals surface area contributed by atoms with Crippen molar-refractivity contribution in [1.29, 1.82) is 0 Å². The molecule has 2 aromatic rings. The van der Waals surface area contributed by atoms with Crippen molar-refractivity contribution in [2.75, 3.05) is 26.2 Å². The van der Waals surface area contributed by atoms with Gasteiger partial charge in [-0.25, -0.2) is 0 Å². The molecule has 0 radical (unpaired) electrons. The molecule has 0 saturated carbocycles. The maximum Gasteiger partial charge on any atom is 0.236 e. The van der Waals surface area contributed by atoms with Crippen LogP contribution in [-0.2, 0) is 29.3 Å². The van der Waals surface area contributed by atoms with E-state index >= 15 is 0 Å². The van der Waals surface area contributed by atoms with E-state index in [1.807, 2.05) is 34.1 Å². The zero-order valence-electron chi connectivity index (χ0n) is 16.6. The number of rotatable bonds is 8. The Hall–Kier alpha value is -2.22.